The number of benzene rings is 2. The lowest BCUT2D eigenvalue weighted by Crippen LogP contribution is -2.32. The highest BCUT2D eigenvalue weighted by Gasteiger charge is 2.30. The Balaban J connectivity index is 2.14. The van der Waals surface area contributed by atoms with Crippen LogP contribution in [0.15, 0.2) is 48.5 Å². The Morgan fingerprint density at radius 1 is 1.14 bits per heavy atom. The van der Waals surface area contributed by atoms with Gasteiger partial charge in [-0.2, -0.15) is 30.2 Å². The SMILES string of the molecule is N#CCNC(=O)C(CSCc1ccc(C(F)(F)F)cc1)c1ccccc1C(N)=O. The van der Waals surface area contributed by atoms with Gasteiger partial charge >= 0.3 is 6.18 Å². The molecule has 0 radical (unpaired) electrons. The lowest BCUT2D eigenvalue weighted by molar-refractivity contribution is -0.137. The Kier molecular flexibility index (Phi) is 7.67. The second-order valence-corrected chi connectivity index (χ2v) is 7.12. The van der Waals surface area contributed by atoms with E-state index in [0.29, 0.717) is 16.9 Å². The molecule has 0 aromatic heterocycles. The van der Waals surface area contributed by atoms with Crippen molar-refractivity contribution in [2.45, 2.75) is 17.8 Å². The molecule has 0 fully saturated rings. The van der Waals surface area contributed by atoms with E-state index in [1.807, 2.05) is 6.07 Å². The third-order valence-electron chi connectivity index (χ3n) is 4.09. The fraction of sp³-hybridized carbons (Fsp3) is 0.250. The molecule has 0 heterocycles. The maximum Gasteiger partial charge on any atom is 0.416 e. The third-order valence-corrected chi connectivity index (χ3v) is 5.20. The van der Waals surface area contributed by atoms with Crippen molar-refractivity contribution in [3.05, 3.63) is 70.8 Å². The molecular weight excluding hydrogens is 403 g/mol. The fourth-order valence-corrected chi connectivity index (χ4v) is 3.78. The zero-order valence-corrected chi connectivity index (χ0v) is 16.0. The number of amides is 2. The molecule has 2 aromatic rings. The fourth-order valence-electron chi connectivity index (χ4n) is 2.67. The van der Waals surface area contributed by atoms with E-state index >= 15 is 0 Å². The Labute approximate surface area is 170 Å². The number of primary amides is 1. The van der Waals surface area contributed by atoms with Gasteiger partial charge in [-0.1, -0.05) is 30.3 Å². The number of alkyl halides is 3. The second-order valence-electron chi connectivity index (χ2n) is 6.09. The number of carbonyl (C=O) groups excluding carboxylic acids is 2. The maximum atomic E-state index is 12.6. The normalized spacial score (nSPS) is 12.1. The van der Waals surface area contributed by atoms with Gasteiger partial charge in [-0.15, -0.1) is 0 Å². The molecule has 1 atom stereocenters. The predicted octanol–water partition coefficient (Wildman–Crippen LogP) is 3.46. The van der Waals surface area contributed by atoms with Crippen molar-refractivity contribution >= 4 is 23.6 Å². The quantitative estimate of drug-likeness (QED) is 0.638. The molecule has 3 N–H and O–H groups in total. The van der Waals surface area contributed by atoms with Gasteiger partial charge < -0.3 is 11.1 Å². The molecular formula is C20H18F3N3O2S. The Morgan fingerprint density at radius 2 is 1.79 bits per heavy atom. The summed E-state index contributed by atoms with van der Waals surface area (Å²) in [6.07, 6.45) is -4.39. The molecule has 2 rings (SSSR count). The first-order valence-electron chi connectivity index (χ1n) is 8.51. The molecule has 2 aromatic carbocycles. The molecule has 9 heteroatoms. The van der Waals surface area contributed by atoms with Crippen molar-refractivity contribution in [3.63, 3.8) is 0 Å². The molecule has 5 nitrogen and oxygen atoms in total. The average molecular weight is 421 g/mol. The minimum Gasteiger partial charge on any atom is -0.366 e. The van der Waals surface area contributed by atoms with Crippen molar-refractivity contribution in [2.24, 2.45) is 5.73 Å². The molecule has 0 bridgehead atoms. The van der Waals surface area contributed by atoms with Gasteiger partial charge in [0.2, 0.25) is 11.8 Å². The number of hydrogen-bond donors (Lipinski definition) is 2. The van der Waals surface area contributed by atoms with Gasteiger partial charge in [0.15, 0.2) is 0 Å². The Hall–Kier alpha value is -2.99. The number of nitrogens with one attached hydrogen (secondary N) is 1. The first kappa shape index (κ1) is 22.3. The van der Waals surface area contributed by atoms with Crippen LogP contribution in [-0.2, 0) is 16.7 Å². The standard InChI is InChI=1S/C20H18F3N3O2S/c21-20(22,23)14-7-5-13(6-8-14)11-29-12-17(19(28)26-10-9-24)15-3-1-2-4-16(15)18(25)27/h1-8,17H,10-12H2,(H2,25,27)(H,26,28). The third kappa shape index (κ3) is 6.26. The number of rotatable bonds is 8. The van der Waals surface area contributed by atoms with Gasteiger partial charge in [0.1, 0.15) is 6.54 Å². The molecule has 0 saturated heterocycles. The van der Waals surface area contributed by atoms with Crippen molar-refractivity contribution in [1.29, 1.82) is 5.26 Å². The van der Waals surface area contributed by atoms with Gasteiger partial charge in [0.25, 0.3) is 0 Å². The summed E-state index contributed by atoms with van der Waals surface area (Å²) in [4.78, 5) is 24.2. The zero-order chi connectivity index (χ0) is 21.4. The predicted molar refractivity (Wildman–Crippen MR) is 104 cm³/mol. The van der Waals surface area contributed by atoms with E-state index in [-0.39, 0.29) is 17.9 Å². The van der Waals surface area contributed by atoms with Gasteiger partial charge in [0.05, 0.1) is 17.6 Å². The first-order chi connectivity index (χ1) is 13.7. The van der Waals surface area contributed by atoms with E-state index < -0.39 is 29.5 Å². The van der Waals surface area contributed by atoms with Crippen molar-refractivity contribution in [3.8, 4) is 6.07 Å². The number of nitrogens with zero attached hydrogens (tertiary/aromatic N) is 1. The average Bonchev–Trinajstić information content (AvgIpc) is 2.69. The molecule has 2 amide bonds. The smallest absolute Gasteiger partial charge is 0.366 e. The summed E-state index contributed by atoms with van der Waals surface area (Å²) in [7, 11) is 0. The van der Waals surface area contributed by atoms with Crippen LogP contribution in [0, 0.1) is 11.3 Å². The summed E-state index contributed by atoms with van der Waals surface area (Å²) in [5.74, 6) is -1.22. The van der Waals surface area contributed by atoms with Crippen LogP contribution in [0.2, 0.25) is 0 Å². The van der Waals surface area contributed by atoms with Crippen LogP contribution >= 0.6 is 11.8 Å². The van der Waals surface area contributed by atoms with E-state index in [4.69, 9.17) is 11.0 Å². The number of thioether (sulfide) groups is 1. The molecule has 1 unspecified atom stereocenters. The van der Waals surface area contributed by atoms with Gasteiger partial charge in [-0.05, 0) is 29.3 Å². The van der Waals surface area contributed by atoms with Crippen LogP contribution in [0.25, 0.3) is 0 Å². The van der Waals surface area contributed by atoms with E-state index in [9.17, 15) is 22.8 Å². The zero-order valence-electron chi connectivity index (χ0n) is 15.2. The molecule has 0 aliphatic heterocycles. The molecule has 152 valence electrons. The summed E-state index contributed by atoms with van der Waals surface area (Å²) in [6, 6.07) is 13.1. The number of carbonyl (C=O) groups is 2. The number of halogens is 3. The monoisotopic (exact) mass is 421 g/mol. The highest BCUT2D eigenvalue weighted by Crippen LogP contribution is 2.30. The molecule has 0 aliphatic rings. The highest BCUT2D eigenvalue weighted by atomic mass is 32.2. The Bertz CT molecular complexity index is 908. The minimum atomic E-state index is -4.39. The van der Waals surface area contributed by atoms with Crippen LogP contribution in [0.1, 0.15) is 33.0 Å². The summed E-state index contributed by atoms with van der Waals surface area (Å²) >= 11 is 1.33. The van der Waals surface area contributed by atoms with Crippen LogP contribution in [0.3, 0.4) is 0 Å². The number of hydrogen-bond acceptors (Lipinski definition) is 4. The Morgan fingerprint density at radius 3 is 2.38 bits per heavy atom. The van der Waals surface area contributed by atoms with E-state index in [1.54, 1.807) is 18.2 Å². The van der Waals surface area contributed by atoms with Crippen LogP contribution in [-0.4, -0.2) is 24.1 Å². The minimum absolute atomic E-state index is 0.183. The van der Waals surface area contributed by atoms with Gasteiger partial charge in [-0.3, -0.25) is 9.59 Å². The van der Waals surface area contributed by atoms with Gasteiger partial charge in [0, 0.05) is 17.1 Å². The van der Waals surface area contributed by atoms with Crippen LogP contribution in [0.4, 0.5) is 13.2 Å². The van der Waals surface area contributed by atoms with Crippen LogP contribution < -0.4 is 11.1 Å². The molecule has 0 spiro atoms. The molecule has 0 aliphatic carbocycles. The summed E-state index contributed by atoms with van der Waals surface area (Å²) in [5.41, 5.74) is 5.99. The van der Waals surface area contributed by atoms with Crippen molar-refractivity contribution < 1.29 is 22.8 Å². The number of nitriles is 1. The second kappa shape index (κ2) is 9.98. The van der Waals surface area contributed by atoms with E-state index in [0.717, 1.165) is 12.1 Å². The lowest BCUT2D eigenvalue weighted by Gasteiger charge is -2.18. The molecule has 29 heavy (non-hydrogen) atoms. The maximum absolute atomic E-state index is 12.6. The van der Waals surface area contributed by atoms with Crippen LogP contribution in [0.5, 0.6) is 0 Å². The van der Waals surface area contributed by atoms with Crippen molar-refractivity contribution in [2.75, 3.05) is 12.3 Å². The van der Waals surface area contributed by atoms with E-state index in [2.05, 4.69) is 5.32 Å². The lowest BCUT2D eigenvalue weighted by atomic mass is 9.94. The van der Waals surface area contributed by atoms with E-state index in [1.165, 1.54) is 30.0 Å². The topological polar surface area (TPSA) is 96.0 Å². The largest absolute Gasteiger partial charge is 0.416 e. The van der Waals surface area contributed by atoms with Crippen molar-refractivity contribution in [1.82, 2.24) is 5.32 Å². The number of nitrogens with two attached hydrogens (primary N) is 1. The van der Waals surface area contributed by atoms with Gasteiger partial charge in [-0.25, -0.2) is 0 Å². The summed E-state index contributed by atoms with van der Waals surface area (Å²) in [5, 5.41) is 11.2. The summed E-state index contributed by atoms with van der Waals surface area (Å²) in [6.45, 7) is -0.183. The highest BCUT2D eigenvalue weighted by molar-refractivity contribution is 7.98. The first-order valence-corrected chi connectivity index (χ1v) is 9.66. The molecule has 0 saturated carbocycles. The summed E-state index contributed by atoms with van der Waals surface area (Å²) < 4.78 is 37.9.